The minimum atomic E-state index is 0.0647. The molecule has 1 saturated carbocycles. The maximum Gasteiger partial charge on any atom is 0.140 e. The molecule has 0 unspecified atom stereocenters. The summed E-state index contributed by atoms with van der Waals surface area (Å²) in [6.45, 7) is 3.92. The number of anilines is 1. The summed E-state index contributed by atoms with van der Waals surface area (Å²) in [5, 5.41) is 3.35. The van der Waals surface area contributed by atoms with Gasteiger partial charge in [-0.15, -0.1) is 0 Å². The molecule has 20 heavy (non-hydrogen) atoms. The topological polar surface area (TPSA) is 49.4 Å². The molecule has 0 aromatic heterocycles. The molecule has 1 aliphatic carbocycles. The van der Waals surface area contributed by atoms with Crippen molar-refractivity contribution in [3.05, 3.63) is 29.8 Å². The summed E-state index contributed by atoms with van der Waals surface area (Å²) < 4.78 is 0. The van der Waals surface area contributed by atoms with E-state index in [0.29, 0.717) is 12.8 Å². The van der Waals surface area contributed by atoms with Crippen LogP contribution in [0, 0.1) is 0 Å². The number of piperazine rings is 1. The number of hydrogen-bond acceptors (Lipinski definition) is 4. The molecule has 3 rings (SSSR count). The molecule has 0 amide bonds. The number of hydrogen-bond donors (Lipinski definition) is 1. The third-order valence-electron chi connectivity index (χ3n) is 4.18. The van der Waals surface area contributed by atoms with E-state index in [1.54, 1.807) is 0 Å². The molecule has 0 atom stereocenters. The van der Waals surface area contributed by atoms with E-state index in [1.807, 2.05) is 12.1 Å². The first-order chi connectivity index (χ1) is 9.74. The van der Waals surface area contributed by atoms with Crippen molar-refractivity contribution in [2.45, 2.75) is 25.2 Å². The van der Waals surface area contributed by atoms with Crippen LogP contribution in [0.5, 0.6) is 0 Å². The second kappa shape index (κ2) is 5.75. The van der Waals surface area contributed by atoms with Crippen molar-refractivity contribution in [1.29, 1.82) is 0 Å². The van der Waals surface area contributed by atoms with Crippen LogP contribution in [0.4, 0.5) is 5.69 Å². The predicted molar refractivity (Wildman–Crippen MR) is 78.1 cm³/mol. The number of nitrogens with zero attached hydrogens (tertiary/aromatic N) is 1. The summed E-state index contributed by atoms with van der Waals surface area (Å²) in [6.07, 6.45) is 1.15. The van der Waals surface area contributed by atoms with Gasteiger partial charge in [-0.3, -0.25) is 9.59 Å². The standard InChI is InChI=1S/C16H20N2O2/c19-13-9-12(10-14(20)11-13)15-3-1-2-4-16(15)18-7-5-17-6-8-18/h1-4,12,17H,5-11H2. The van der Waals surface area contributed by atoms with Gasteiger partial charge in [0.2, 0.25) is 0 Å². The minimum Gasteiger partial charge on any atom is -0.369 e. The summed E-state index contributed by atoms with van der Waals surface area (Å²) >= 11 is 0. The summed E-state index contributed by atoms with van der Waals surface area (Å²) in [4.78, 5) is 25.8. The second-order valence-corrected chi connectivity index (χ2v) is 5.66. The number of benzene rings is 1. The highest BCUT2D eigenvalue weighted by molar-refractivity contribution is 6.02. The smallest absolute Gasteiger partial charge is 0.140 e. The fraction of sp³-hybridized carbons (Fsp3) is 0.500. The van der Waals surface area contributed by atoms with E-state index in [2.05, 4.69) is 22.3 Å². The van der Waals surface area contributed by atoms with E-state index in [9.17, 15) is 9.59 Å². The molecule has 0 radical (unpaired) electrons. The lowest BCUT2D eigenvalue weighted by atomic mass is 9.82. The Morgan fingerprint density at radius 1 is 1.00 bits per heavy atom. The molecule has 4 heteroatoms. The molecule has 1 aromatic carbocycles. The fourth-order valence-electron chi connectivity index (χ4n) is 3.23. The molecule has 106 valence electrons. The Bertz CT molecular complexity index is 505. The monoisotopic (exact) mass is 272 g/mol. The van der Waals surface area contributed by atoms with Gasteiger partial charge in [-0.2, -0.15) is 0 Å². The number of carbonyl (C=O) groups excluding carboxylic acids is 2. The first kappa shape index (κ1) is 13.3. The van der Waals surface area contributed by atoms with E-state index in [4.69, 9.17) is 0 Å². The zero-order chi connectivity index (χ0) is 13.9. The van der Waals surface area contributed by atoms with Gasteiger partial charge in [0.1, 0.15) is 11.6 Å². The van der Waals surface area contributed by atoms with Crippen molar-refractivity contribution in [1.82, 2.24) is 5.32 Å². The van der Waals surface area contributed by atoms with E-state index in [-0.39, 0.29) is 23.9 Å². The van der Waals surface area contributed by atoms with Crippen LogP contribution in [0.25, 0.3) is 0 Å². The lowest BCUT2D eigenvalue weighted by molar-refractivity contribution is -0.130. The maximum absolute atomic E-state index is 11.7. The minimum absolute atomic E-state index is 0.0647. The largest absolute Gasteiger partial charge is 0.369 e. The van der Waals surface area contributed by atoms with Crippen LogP contribution in [0.1, 0.15) is 30.7 Å². The van der Waals surface area contributed by atoms with E-state index < -0.39 is 0 Å². The number of para-hydroxylation sites is 1. The van der Waals surface area contributed by atoms with Crippen LogP contribution in [-0.2, 0) is 9.59 Å². The fourth-order valence-corrected chi connectivity index (χ4v) is 3.23. The number of ketones is 2. The van der Waals surface area contributed by atoms with Gasteiger partial charge in [0.15, 0.2) is 0 Å². The lowest BCUT2D eigenvalue weighted by Crippen LogP contribution is -2.44. The molecule has 1 N–H and O–H groups in total. The van der Waals surface area contributed by atoms with Crippen LogP contribution in [0.15, 0.2) is 24.3 Å². The number of nitrogens with one attached hydrogen (secondary N) is 1. The quantitative estimate of drug-likeness (QED) is 0.829. The van der Waals surface area contributed by atoms with Crippen LogP contribution in [0.2, 0.25) is 0 Å². The third-order valence-corrected chi connectivity index (χ3v) is 4.18. The van der Waals surface area contributed by atoms with E-state index >= 15 is 0 Å². The number of Topliss-reactive ketones (excluding diaryl/α,β-unsaturated/α-hetero) is 2. The van der Waals surface area contributed by atoms with Gasteiger partial charge >= 0.3 is 0 Å². The molecule has 1 aromatic rings. The zero-order valence-electron chi connectivity index (χ0n) is 11.6. The van der Waals surface area contributed by atoms with Crippen molar-refractivity contribution in [2.24, 2.45) is 0 Å². The zero-order valence-corrected chi connectivity index (χ0v) is 11.6. The highest BCUT2D eigenvalue weighted by atomic mass is 16.1. The van der Waals surface area contributed by atoms with Crippen LogP contribution in [0.3, 0.4) is 0 Å². The summed E-state index contributed by atoms with van der Waals surface area (Å²) in [5.41, 5.74) is 2.36. The first-order valence-corrected chi connectivity index (χ1v) is 7.32. The highest BCUT2D eigenvalue weighted by Crippen LogP contribution is 2.35. The molecule has 1 saturated heterocycles. The van der Waals surface area contributed by atoms with Crippen molar-refractivity contribution in [2.75, 3.05) is 31.1 Å². The van der Waals surface area contributed by atoms with Crippen molar-refractivity contribution < 1.29 is 9.59 Å². The average Bonchev–Trinajstić information content (AvgIpc) is 2.47. The Labute approximate surface area is 119 Å². The molecule has 2 aliphatic rings. The van der Waals surface area contributed by atoms with Crippen LogP contribution >= 0.6 is 0 Å². The Kier molecular flexibility index (Phi) is 3.83. The molecule has 2 fully saturated rings. The van der Waals surface area contributed by atoms with Crippen molar-refractivity contribution in [3.8, 4) is 0 Å². The van der Waals surface area contributed by atoms with Crippen LogP contribution < -0.4 is 10.2 Å². The molecule has 1 aliphatic heterocycles. The summed E-state index contributed by atoms with van der Waals surface area (Å²) in [5.74, 6) is 0.234. The SMILES string of the molecule is O=C1CC(=O)CC(c2ccccc2N2CCNCC2)C1. The first-order valence-electron chi connectivity index (χ1n) is 7.32. The van der Waals surface area contributed by atoms with Crippen molar-refractivity contribution in [3.63, 3.8) is 0 Å². The Hall–Kier alpha value is -1.68. The maximum atomic E-state index is 11.7. The molecule has 0 spiro atoms. The molecule has 0 bridgehead atoms. The summed E-state index contributed by atoms with van der Waals surface area (Å²) in [6, 6.07) is 8.23. The second-order valence-electron chi connectivity index (χ2n) is 5.66. The van der Waals surface area contributed by atoms with Gasteiger partial charge in [0.05, 0.1) is 6.42 Å². The lowest BCUT2D eigenvalue weighted by Gasteiger charge is -2.33. The van der Waals surface area contributed by atoms with E-state index in [1.165, 1.54) is 5.69 Å². The number of rotatable bonds is 2. The van der Waals surface area contributed by atoms with Gasteiger partial charge in [-0.05, 0) is 17.5 Å². The molecule has 1 heterocycles. The van der Waals surface area contributed by atoms with Gasteiger partial charge < -0.3 is 10.2 Å². The van der Waals surface area contributed by atoms with Gasteiger partial charge in [0, 0.05) is 44.7 Å². The van der Waals surface area contributed by atoms with E-state index in [0.717, 1.165) is 31.7 Å². The average molecular weight is 272 g/mol. The van der Waals surface area contributed by atoms with Gasteiger partial charge in [0.25, 0.3) is 0 Å². The van der Waals surface area contributed by atoms with Gasteiger partial charge in [-0.1, -0.05) is 18.2 Å². The number of carbonyl (C=O) groups is 2. The third kappa shape index (κ3) is 2.75. The summed E-state index contributed by atoms with van der Waals surface area (Å²) in [7, 11) is 0. The molecular formula is C16H20N2O2. The Balaban J connectivity index is 1.88. The predicted octanol–water partition coefficient (Wildman–Crippen LogP) is 1.50. The normalized spacial score (nSPS) is 21.3. The Morgan fingerprint density at radius 3 is 2.35 bits per heavy atom. The molecule has 4 nitrogen and oxygen atoms in total. The highest BCUT2D eigenvalue weighted by Gasteiger charge is 2.29. The van der Waals surface area contributed by atoms with Crippen LogP contribution in [-0.4, -0.2) is 37.7 Å². The van der Waals surface area contributed by atoms with Crippen molar-refractivity contribution >= 4 is 17.3 Å². The van der Waals surface area contributed by atoms with Gasteiger partial charge in [-0.25, -0.2) is 0 Å². The molecular weight excluding hydrogens is 252 g/mol. The Morgan fingerprint density at radius 2 is 1.65 bits per heavy atom.